The molecule has 0 aliphatic rings. The highest BCUT2D eigenvalue weighted by atomic mass is 16.3. The van der Waals surface area contributed by atoms with E-state index >= 15 is 0 Å². The van der Waals surface area contributed by atoms with Gasteiger partial charge in [-0.2, -0.15) is 4.91 Å². The van der Waals surface area contributed by atoms with Crippen molar-refractivity contribution in [3.8, 4) is 0 Å². The number of hydrogen-bond donors (Lipinski definition) is 0. The van der Waals surface area contributed by atoms with Crippen molar-refractivity contribution in [1.82, 2.24) is 0 Å². The minimum Gasteiger partial charge on any atom is -0.151 e. The zero-order valence-corrected chi connectivity index (χ0v) is 14.7. The average Bonchev–Trinajstić information content (AvgIpc) is 2.49. The molecule has 0 amide bonds. The summed E-state index contributed by atoms with van der Waals surface area (Å²) in [6, 6.07) is 0. The first kappa shape index (κ1) is 20.6. The highest BCUT2D eigenvalue weighted by molar-refractivity contribution is 4.63. The standard InChI is InChI=1S/C19H39NO/c1-3-5-7-9-11-13-15-17-19(18-20-21)16-14-12-10-8-6-4-2/h19H,3-18H2,1-2H3. The summed E-state index contributed by atoms with van der Waals surface area (Å²) in [4.78, 5) is 10.5. The lowest BCUT2D eigenvalue weighted by atomic mass is 9.94. The maximum Gasteiger partial charge on any atom is 0.0839 e. The number of nitrogens with zero attached hydrogens (tertiary/aromatic N) is 1. The van der Waals surface area contributed by atoms with Crippen molar-refractivity contribution in [2.75, 3.05) is 6.54 Å². The lowest BCUT2D eigenvalue weighted by molar-refractivity contribution is 0.410. The molecule has 21 heavy (non-hydrogen) atoms. The summed E-state index contributed by atoms with van der Waals surface area (Å²) in [5.41, 5.74) is 0. The Balaban J connectivity index is 3.46. The maximum absolute atomic E-state index is 10.5. The smallest absolute Gasteiger partial charge is 0.0839 e. The van der Waals surface area contributed by atoms with Gasteiger partial charge in [-0.05, 0) is 18.8 Å². The van der Waals surface area contributed by atoms with Gasteiger partial charge in [0.1, 0.15) is 0 Å². The molecule has 2 nitrogen and oxygen atoms in total. The molecule has 0 aromatic rings. The topological polar surface area (TPSA) is 29.4 Å². The normalized spacial score (nSPS) is 12.5. The fourth-order valence-corrected chi connectivity index (χ4v) is 3.04. The SMILES string of the molecule is CCCCCCCCCC(CCCCCCCC)CN=O. The van der Waals surface area contributed by atoms with Crippen LogP contribution in [0, 0.1) is 10.8 Å². The third-order valence-corrected chi connectivity index (χ3v) is 4.51. The van der Waals surface area contributed by atoms with Crippen LogP contribution in [0.2, 0.25) is 0 Å². The second-order valence-corrected chi connectivity index (χ2v) is 6.64. The molecule has 0 aromatic heterocycles. The molecule has 126 valence electrons. The molecule has 0 saturated heterocycles. The fraction of sp³-hybridized carbons (Fsp3) is 1.00. The summed E-state index contributed by atoms with van der Waals surface area (Å²) < 4.78 is 0. The van der Waals surface area contributed by atoms with Crippen molar-refractivity contribution in [3.63, 3.8) is 0 Å². The van der Waals surface area contributed by atoms with Gasteiger partial charge in [0.05, 0.1) is 6.54 Å². The number of unbranched alkanes of at least 4 members (excludes halogenated alkanes) is 11. The van der Waals surface area contributed by atoms with Crippen molar-refractivity contribution in [2.24, 2.45) is 11.1 Å². The maximum atomic E-state index is 10.5. The molecule has 2 heteroatoms. The van der Waals surface area contributed by atoms with Crippen LogP contribution in [-0.4, -0.2) is 6.54 Å². The van der Waals surface area contributed by atoms with Crippen LogP contribution in [0.25, 0.3) is 0 Å². The van der Waals surface area contributed by atoms with E-state index in [0.717, 1.165) is 0 Å². The number of hydrogen-bond acceptors (Lipinski definition) is 2. The quantitative estimate of drug-likeness (QED) is 0.205. The van der Waals surface area contributed by atoms with Gasteiger partial charge in [-0.1, -0.05) is 102 Å². The minimum atomic E-state index is 0.546. The van der Waals surface area contributed by atoms with Gasteiger partial charge in [0, 0.05) is 0 Å². The molecule has 0 heterocycles. The Morgan fingerprint density at radius 2 is 1.00 bits per heavy atom. The van der Waals surface area contributed by atoms with E-state index in [9.17, 15) is 4.91 Å². The molecule has 0 radical (unpaired) electrons. The predicted octanol–water partition coefficient (Wildman–Crippen LogP) is 7.26. The van der Waals surface area contributed by atoms with Gasteiger partial charge in [0.25, 0.3) is 0 Å². The zero-order chi connectivity index (χ0) is 15.6. The lowest BCUT2D eigenvalue weighted by Crippen LogP contribution is -2.04. The summed E-state index contributed by atoms with van der Waals surface area (Å²) in [5.74, 6) is 0.560. The summed E-state index contributed by atoms with van der Waals surface area (Å²) in [6.45, 7) is 5.07. The lowest BCUT2D eigenvalue weighted by Gasteiger charge is -2.13. The van der Waals surface area contributed by atoms with Gasteiger partial charge in [-0.3, -0.25) is 0 Å². The molecule has 0 fully saturated rings. The van der Waals surface area contributed by atoms with E-state index in [2.05, 4.69) is 19.0 Å². The zero-order valence-electron chi connectivity index (χ0n) is 14.7. The average molecular weight is 298 g/mol. The van der Waals surface area contributed by atoms with Gasteiger partial charge in [0.15, 0.2) is 0 Å². The largest absolute Gasteiger partial charge is 0.151 e. The molecule has 1 unspecified atom stereocenters. The first-order chi connectivity index (χ1) is 10.3. The van der Waals surface area contributed by atoms with E-state index < -0.39 is 0 Å². The van der Waals surface area contributed by atoms with Gasteiger partial charge in [0.2, 0.25) is 0 Å². The molecule has 0 aliphatic heterocycles. The van der Waals surface area contributed by atoms with Crippen molar-refractivity contribution >= 4 is 0 Å². The van der Waals surface area contributed by atoms with E-state index in [1.807, 2.05) is 0 Å². The first-order valence-electron chi connectivity index (χ1n) is 9.64. The Bertz CT molecular complexity index is 206. The van der Waals surface area contributed by atoms with Crippen LogP contribution < -0.4 is 0 Å². The van der Waals surface area contributed by atoms with Crippen LogP contribution in [0.4, 0.5) is 0 Å². The van der Waals surface area contributed by atoms with Gasteiger partial charge < -0.3 is 0 Å². The Morgan fingerprint density at radius 1 is 0.619 bits per heavy atom. The van der Waals surface area contributed by atoms with E-state index in [1.54, 1.807) is 0 Å². The highest BCUT2D eigenvalue weighted by Crippen LogP contribution is 2.19. The summed E-state index contributed by atoms with van der Waals surface area (Å²) in [5, 5.41) is 3.15. The second-order valence-electron chi connectivity index (χ2n) is 6.64. The van der Waals surface area contributed by atoms with E-state index in [0.29, 0.717) is 12.5 Å². The Labute approximate surface area is 133 Å². The molecular formula is C19H39NO. The predicted molar refractivity (Wildman–Crippen MR) is 94.8 cm³/mol. The van der Waals surface area contributed by atoms with Crippen LogP contribution in [0.3, 0.4) is 0 Å². The molecule has 0 saturated carbocycles. The minimum absolute atomic E-state index is 0.546. The number of rotatable bonds is 17. The van der Waals surface area contributed by atoms with E-state index in [1.165, 1.54) is 96.3 Å². The van der Waals surface area contributed by atoms with Crippen LogP contribution in [0.15, 0.2) is 5.18 Å². The molecule has 0 spiro atoms. The molecule has 0 aliphatic carbocycles. The van der Waals surface area contributed by atoms with Gasteiger partial charge >= 0.3 is 0 Å². The Hall–Kier alpha value is -0.400. The molecule has 0 N–H and O–H groups in total. The van der Waals surface area contributed by atoms with E-state index in [4.69, 9.17) is 0 Å². The van der Waals surface area contributed by atoms with Crippen molar-refractivity contribution in [2.45, 2.75) is 110 Å². The van der Waals surface area contributed by atoms with Crippen molar-refractivity contribution < 1.29 is 0 Å². The molecule has 1 atom stereocenters. The van der Waals surface area contributed by atoms with Crippen LogP contribution in [0.1, 0.15) is 110 Å². The molecule has 0 aromatic carbocycles. The Morgan fingerprint density at radius 3 is 1.38 bits per heavy atom. The van der Waals surface area contributed by atoms with Crippen molar-refractivity contribution in [3.05, 3.63) is 4.91 Å². The third-order valence-electron chi connectivity index (χ3n) is 4.51. The summed E-state index contributed by atoms with van der Waals surface area (Å²) >= 11 is 0. The van der Waals surface area contributed by atoms with Crippen LogP contribution in [0.5, 0.6) is 0 Å². The fourth-order valence-electron chi connectivity index (χ4n) is 3.04. The first-order valence-corrected chi connectivity index (χ1v) is 9.64. The van der Waals surface area contributed by atoms with Gasteiger partial charge in [-0.25, -0.2) is 0 Å². The monoisotopic (exact) mass is 297 g/mol. The third kappa shape index (κ3) is 15.8. The van der Waals surface area contributed by atoms with Crippen molar-refractivity contribution in [1.29, 1.82) is 0 Å². The van der Waals surface area contributed by atoms with Crippen LogP contribution in [-0.2, 0) is 0 Å². The summed E-state index contributed by atoms with van der Waals surface area (Å²) in [7, 11) is 0. The molecule has 0 rings (SSSR count). The van der Waals surface area contributed by atoms with Crippen LogP contribution >= 0.6 is 0 Å². The van der Waals surface area contributed by atoms with Gasteiger partial charge in [-0.15, -0.1) is 0 Å². The van der Waals surface area contributed by atoms with E-state index in [-0.39, 0.29) is 0 Å². The Kier molecular flexibility index (Phi) is 17.3. The summed E-state index contributed by atoms with van der Waals surface area (Å²) in [6.07, 6.45) is 20.0. The second kappa shape index (κ2) is 17.7. The number of nitroso groups, excluding NO2 is 1. The molecular weight excluding hydrogens is 258 g/mol. The molecule has 0 bridgehead atoms. The highest BCUT2D eigenvalue weighted by Gasteiger charge is 2.08.